The summed E-state index contributed by atoms with van der Waals surface area (Å²) in [6, 6.07) is 13.2. The molecule has 1 saturated carbocycles. The highest BCUT2D eigenvalue weighted by atomic mass is 35.5. The third kappa shape index (κ3) is 5.08. The molecule has 2 aromatic carbocycles. The van der Waals surface area contributed by atoms with Gasteiger partial charge in [-0.3, -0.25) is 0 Å². The van der Waals surface area contributed by atoms with Gasteiger partial charge < -0.3 is 0 Å². The largest absolute Gasteiger partial charge is 0.231 e. The third-order valence-electron chi connectivity index (χ3n) is 7.32. The zero-order valence-corrected chi connectivity index (χ0v) is 23.9. The highest BCUT2D eigenvalue weighted by molar-refractivity contribution is 7.14. The van der Waals surface area contributed by atoms with Crippen molar-refractivity contribution in [2.75, 3.05) is 0 Å². The zero-order chi connectivity index (χ0) is 25.6. The van der Waals surface area contributed by atoms with Crippen molar-refractivity contribution in [2.45, 2.75) is 59.3 Å². The maximum atomic E-state index is 6.61. The molecule has 0 spiro atoms. The molecular formula is C28H29Cl3N4S. The van der Waals surface area contributed by atoms with Crippen molar-refractivity contribution in [1.29, 1.82) is 0 Å². The molecule has 36 heavy (non-hydrogen) atoms. The number of hydrogen-bond donors (Lipinski definition) is 0. The van der Waals surface area contributed by atoms with Gasteiger partial charge in [0.1, 0.15) is 10.7 Å². The van der Waals surface area contributed by atoms with Gasteiger partial charge in [-0.25, -0.2) is 4.68 Å². The summed E-state index contributed by atoms with van der Waals surface area (Å²) in [4.78, 5) is 0. The second kappa shape index (κ2) is 10.1. The van der Waals surface area contributed by atoms with E-state index in [4.69, 9.17) is 39.9 Å². The third-order valence-corrected chi connectivity index (χ3v) is 9.20. The van der Waals surface area contributed by atoms with E-state index in [1.807, 2.05) is 41.1 Å². The average Bonchev–Trinajstić information content (AvgIpc) is 3.44. The summed E-state index contributed by atoms with van der Waals surface area (Å²) in [5.41, 5.74) is 4.88. The van der Waals surface area contributed by atoms with Gasteiger partial charge in [-0.15, -0.1) is 10.2 Å². The first-order chi connectivity index (χ1) is 17.1. The molecule has 1 aliphatic carbocycles. The molecular weight excluding hydrogens is 531 g/mol. The van der Waals surface area contributed by atoms with Crippen molar-refractivity contribution < 1.29 is 0 Å². The smallest absolute Gasteiger partial charge is 0.168 e. The van der Waals surface area contributed by atoms with Gasteiger partial charge >= 0.3 is 0 Å². The lowest BCUT2D eigenvalue weighted by Gasteiger charge is -2.36. The molecule has 0 bridgehead atoms. The van der Waals surface area contributed by atoms with Crippen LogP contribution < -0.4 is 0 Å². The van der Waals surface area contributed by atoms with E-state index < -0.39 is 0 Å². The van der Waals surface area contributed by atoms with E-state index in [0.29, 0.717) is 26.4 Å². The van der Waals surface area contributed by atoms with Gasteiger partial charge in [-0.1, -0.05) is 79.0 Å². The topological polar surface area (TPSA) is 43.6 Å². The summed E-state index contributed by atoms with van der Waals surface area (Å²) in [6.45, 7) is 9.13. The molecule has 1 aliphatic rings. The Morgan fingerprint density at radius 3 is 2.19 bits per heavy atom. The number of rotatable bonds is 4. The minimum Gasteiger partial charge on any atom is -0.231 e. The van der Waals surface area contributed by atoms with Crippen LogP contribution in [-0.4, -0.2) is 20.0 Å². The predicted molar refractivity (Wildman–Crippen MR) is 152 cm³/mol. The highest BCUT2D eigenvalue weighted by Crippen LogP contribution is 2.45. The van der Waals surface area contributed by atoms with Crippen LogP contribution >= 0.6 is 46.1 Å². The van der Waals surface area contributed by atoms with Crippen LogP contribution in [0.4, 0.5) is 0 Å². The Bertz CT molecular complexity index is 1380. The van der Waals surface area contributed by atoms with Crippen LogP contribution in [0.25, 0.3) is 27.6 Å². The van der Waals surface area contributed by atoms with E-state index in [1.54, 1.807) is 17.4 Å². The lowest BCUT2D eigenvalue weighted by atomic mass is 9.70. The Labute approximate surface area is 231 Å². The van der Waals surface area contributed by atoms with Crippen LogP contribution in [0.3, 0.4) is 0 Å². The summed E-state index contributed by atoms with van der Waals surface area (Å²) in [6.07, 6.45) is 4.82. The summed E-state index contributed by atoms with van der Waals surface area (Å²) in [5, 5.41) is 18.0. The minimum atomic E-state index is 0.363. The van der Waals surface area contributed by atoms with Crippen LogP contribution in [-0.2, 0) is 0 Å². The number of nitrogens with zero attached hydrogens (tertiary/aromatic N) is 4. The van der Waals surface area contributed by atoms with Crippen molar-refractivity contribution >= 4 is 46.1 Å². The van der Waals surface area contributed by atoms with Gasteiger partial charge in [-0.05, 0) is 74.3 Å². The summed E-state index contributed by atoms with van der Waals surface area (Å²) in [5.74, 6) is 1.24. The molecule has 2 heterocycles. The summed E-state index contributed by atoms with van der Waals surface area (Å²) >= 11 is 20.6. The highest BCUT2D eigenvalue weighted by Gasteiger charge is 2.32. The quantitative estimate of drug-likeness (QED) is 0.250. The Morgan fingerprint density at radius 2 is 1.56 bits per heavy atom. The maximum absolute atomic E-state index is 6.61. The van der Waals surface area contributed by atoms with Crippen LogP contribution in [0, 0.1) is 18.3 Å². The van der Waals surface area contributed by atoms with Gasteiger partial charge in [0, 0.05) is 27.1 Å². The Balaban J connectivity index is 1.53. The normalized spacial score (nSPS) is 18.5. The van der Waals surface area contributed by atoms with Gasteiger partial charge in [0.15, 0.2) is 5.01 Å². The van der Waals surface area contributed by atoms with Crippen LogP contribution in [0.5, 0.6) is 0 Å². The Morgan fingerprint density at radius 1 is 0.889 bits per heavy atom. The molecule has 0 amide bonds. The molecule has 1 fully saturated rings. The predicted octanol–water partition coefficient (Wildman–Crippen LogP) is 9.65. The molecule has 0 atom stereocenters. The summed E-state index contributed by atoms with van der Waals surface area (Å²) < 4.78 is 1.88. The van der Waals surface area contributed by atoms with Crippen molar-refractivity contribution in [3.63, 3.8) is 0 Å². The molecule has 0 aliphatic heterocycles. The SMILES string of the molecule is Cc1c(-c2nnc(C3CCC(C(C)(C)C)CC3)s2)nn(-c2ccc(Cl)cc2Cl)c1-c1ccc(Cl)cc1. The lowest BCUT2D eigenvalue weighted by molar-refractivity contribution is 0.169. The van der Waals surface area contributed by atoms with E-state index in [2.05, 4.69) is 37.9 Å². The zero-order valence-electron chi connectivity index (χ0n) is 20.9. The fourth-order valence-electron chi connectivity index (χ4n) is 5.17. The lowest BCUT2D eigenvalue weighted by Crippen LogP contribution is -2.25. The van der Waals surface area contributed by atoms with Crippen LogP contribution in [0.2, 0.25) is 15.1 Å². The Hall–Kier alpha value is -1.92. The van der Waals surface area contributed by atoms with E-state index in [1.165, 1.54) is 25.7 Å². The summed E-state index contributed by atoms with van der Waals surface area (Å²) in [7, 11) is 0. The molecule has 0 radical (unpaired) electrons. The van der Waals surface area contributed by atoms with E-state index in [0.717, 1.165) is 44.1 Å². The molecule has 188 valence electrons. The standard InChI is InChI=1S/C28H29Cl3N4S/c1-16-24(27-33-32-26(36-27)18-5-9-19(10-6-18)28(2,3)4)34-35(23-14-13-21(30)15-22(23)31)25(16)17-7-11-20(29)12-8-17/h7-8,11-15,18-19H,5-6,9-10H2,1-4H3. The average molecular weight is 560 g/mol. The van der Waals surface area contributed by atoms with Crippen molar-refractivity contribution in [3.8, 4) is 27.6 Å². The van der Waals surface area contributed by atoms with Crippen LogP contribution in [0.15, 0.2) is 42.5 Å². The number of halogens is 3. The van der Waals surface area contributed by atoms with Gasteiger partial charge in [-0.2, -0.15) is 5.10 Å². The molecule has 4 nitrogen and oxygen atoms in total. The maximum Gasteiger partial charge on any atom is 0.168 e. The van der Waals surface area contributed by atoms with Crippen molar-refractivity contribution in [1.82, 2.24) is 20.0 Å². The molecule has 0 saturated heterocycles. The number of benzene rings is 2. The first-order valence-corrected chi connectivity index (χ1v) is 14.2. The second-order valence-corrected chi connectivity index (χ2v) is 13.0. The van der Waals surface area contributed by atoms with Gasteiger partial charge in [0.2, 0.25) is 0 Å². The van der Waals surface area contributed by atoms with E-state index in [-0.39, 0.29) is 0 Å². The van der Waals surface area contributed by atoms with E-state index in [9.17, 15) is 0 Å². The van der Waals surface area contributed by atoms with Gasteiger partial charge in [0.05, 0.1) is 16.4 Å². The molecule has 8 heteroatoms. The number of aromatic nitrogens is 4. The molecule has 2 aromatic heterocycles. The molecule has 5 rings (SSSR count). The Kier molecular flexibility index (Phi) is 7.21. The fourth-order valence-corrected chi connectivity index (χ4v) is 6.84. The first kappa shape index (κ1) is 25.7. The molecule has 0 unspecified atom stereocenters. The van der Waals surface area contributed by atoms with Crippen molar-refractivity contribution in [2.24, 2.45) is 11.3 Å². The number of hydrogen-bond acceptors (Lipinski definition) is 4. The monoisotopic (exact) mass is 558 g/mol. The molecule has 4 aromatic rings. The fraction of sp³-hybridized carbons (Fsp3) is 0.393. The molecule has 0 N–H and O–H groups in total. The second-order valence-electron chi connectivity index (χ2n) is 10.7. The van der Waals surface area contributed by atoms with Crippen LogP contribution in [0.1, 0.15) is 62.9 Å². The van der Waals surface area contributed by atoms with Crippen molar-refractivity contribution in [3.05, 3.63) is 68.1 Å². The first-order valence-electron chi connectivity index (χ1n) is 12.3. The van der Waals surface area contributed by atoms with E-state index >= 15 is 0 Å². The minimum absolute atomic E-state index is 0.363. The van der Waals surface area contributed by atoms with Gasteiger partial charge in [0.25, 0.3) is 0 Å².